The Labute approximate surface area is 261 Å². The molecule has 236 valence electrons. The highest BCUT2D eigenvalue weighted by atomic mass is 32.2. The molecule has 0 bridgehead atoms. The van der Waals surface area contributed by atoms with Crippen LogP contribution in [0.4, 0.5) is 4.39 Å². The monoisotopic (exact) mass is 642 g/mol. The molecule has 1 fully saturated rings. The summed E-state index contributed by atoms with van der Waals surface area (Å²) in [6, 6.07) is 4.52. The van der Waals surface area contributed by atoms with Crippen molar-refractivity contribution >= 4 is 66.1 Å². The van der Waals surface area contributed by atoms with Gasteiger partial charge < -0.3 is 14.7 Å². The highest BCUT2D eigenvalue weighted by Gasteiger charge is 2.33. The fraction of sp³-hybridized carbons (Fsp3) is 0.364. The van der Waals surface area contributed by atoms with Gasteiger partial charge in [0.2, 0.25) is 0 Å². The first-order valence-corrected chi connectivity index (χ1v) is 17.2. The number of hydrogen-bond acceptors (Lipinski definition) is 7. The molecular weight excluding hydrogens is 604 g/mol. The minimum absolute atomic E-state index is 0.0347. The Morgan fingerprint density at radius 3 is 2.34 bits per heavy atom. The summed E-state index contributed by atoms with van der Waals surface area (Å²) >= 11 is 1.20. The third kappa shape index (κ3) is 7.44. The number of furan rings is 1. The maximum absolute atomic E-state index is 15.0. The van der Waals surface area contributed by atoms with Crippen molar-refractivity contribution in [1.82, 2.24) is 4.57 Å². The molecule has 8 nitrogen and oxygen atoms in total. The minimum Gasteiger partial charge on any atom is -0.463 e. The molecule has 1 aliphatic carbocycles. The molecule has 11 heteroatoms. The van der Waals surface area contributed by atoms with Crippen molar-refractivity contribution in [2.45, 2.75) is 72.6 Å². The summed E-state index contributed by atoms with van der Waals surface area (Å²) in [5.74, 6) is -1.26. The van der Waals surface area contributed by atoms with Crippen molar-refractivity contribution in [3.05, 3.63) is 75.6 Å². The van der Waals surface area contributed by atoms with Gasteiger partial charge in [0.15, 0.2) is 21.4 Å². The van der Waals surface area contributed by atoms with Crippen LogP contribution in [0.25, 0.3) is 27.4 Å². The molecule has 0 spiro atoms. The third-order valence-electron chi connectivity index (χ3n) is 7.01. The molecule has 0 aliphatic heterocycles. The molecule has 1 amide bonds. The Hall–Kier alpha value is -3.83. The second kappa shape index (κ2) is 14.8. The van der Waals surface area contributed by atoms with Crippen LogP contribution in [-0.4, -0.2) is 41.5 Å². The molecule has 3 heterocycles. The van der Waals surface area contributed by atoms with Crippen LogP contribution in [-0.2, 0) is 21.2 Å². The lowest BCUT2D eigenvalue weighted by Gasteiger charge is -2.10. The first-order chi connectivity index (χ1) is 20.9. The first kappa shape index (κ1) is 34.7. The normalized spacial score (nSPS) is 13.5. The van der Waals surface area contributed by atoms with Crippen LogP contribution in [0.5, 0.6) is 0 Å². The van der Waals surface area contributed by atoms with Gasteiger partial charge in [-0.1, -0.05) is 45.9 Å². The molecule has 44 heavy (non-hydrogen) atoms. The van der Waals surface area contributed by atoms with E-state index in [-0.39, 0.29) is 40.0 Å². The van der Waals surface area contributed by atoms with Gasteiger partial charge in [-0.05, 0) is 55.3 Å². The molecular formula is C33H39FN2O6S2. The average Bonchev–Trinajstić information content (AvgIpc) is 3.42. The lowest BCUT2D eigenvalue weighted by molar-refractivity contribution is -0.111. The van der Waals surface area contributed by atoms with Gasteiger partial charge in [0.05, 0.1) is 38.4 Å². The van der Waals surface area contributed by atoms with Crippen molar-refractivity contribution in [2.24, 2.45) is 5.73 Å². The summed E-state index contributed by atoms with van der Waals surface area (Å²) in [5.41, 5.74) is 7.79. The van der Waals surface area contributed by atoms with Gasteiger partial charge in [0.1, 0.15) is 11.4 Å². The molecule has 0 atom stereocenters. The summed E-state index contributed by atoms with van der Waals surface area (Å²) in [6.07, 6.45) is 9.29. The standard InChI is InChI=1S/C26H23FN2O4S.C5H10O2S.C2H6/c1-4-5-6-7-17(14(2)30)22-23-20(11-19(27)18-8-9-33-25(18)23)29(24(22)15(3)31)12-16-10-21(26(28)32)34-13-16;1-2-8(6,7)5-3-4-5;1-2/h5-11,13H,4,12H2,1-3H3,(H2,28,32);5H,2-4H2,1H3;1-2H3/b6-5-,17-7+;;. The molecule has 5 rings (SSSR count). The number of nitrogens with zero attached hydrogens (tertiary/aromatic N) is 1. The molecule has 0 radical (unpaired) electrons. The summed E-state index contributed by atoms with van der Waals surface area (Å²) < 4.78 is 43.9. The second-order valence-corrected chi connectivity index (χ2v) is 13.6. The number of allylic oxidation sites excluding steroid dienone is 4. The molecule has 1 aromatic carbocycles. The van der Waals surface area contributed by atoms with Crippen molar-refractivity contribution < 1.29 is 31.6 Å². The van der Waals surface area contributed by atoms with Gasteiger partial charge in [-0.25, -0.2) is 12.8 Å². The number of ketones is 2. The number of thiophene rings is 1. The van der Waals surface area contributed by atoms with Gasteiger partial charge in [-0.2, -0.15) is 0 Å². The van der Waals surface area contributed by atoms with Crippen LogP contribution >= 0.6 is 11.3 Å². The number of aromatic nitrogens is 1. The number of carbonyl (C=O) groups is 3. The molecule has 0 unspecified atom stereocenters. The van der Waals surface area contributed by atoms with E-state index in [1.165, 1.54) is 43.6 Å². The number of halogens is 1. The van der Waals surface area contributed by atoms with E-state index in [2.05, 4.69) is 0 Å². The molecule has 1 saturated carbocycles. The van der Waals surface area contributed by atoms with E-state index in [9.17, 15) is 22.8 Å². The first-order valence-electron chi connectivity index (χ1n) is 14.6. The fourth-order valence-electron chi connectivity index (χ4n) is 4.81. The molecule has 3 aromatic heterocycles. The van der Waals surface area contributed by atoms with Gasteiger partial charge >= 0.3 is 0 Å². The lowest BCUT2D eigenvalue weighted by Crippen LogP contribution is -2.11. The molecule has 1 aliphatic rings. The summed E-state index contributed by atoms with van der Waals surface area (Å²) in [6.45, 7) is 10.7. The van der Waals surface area contributed by atoms with E-state index in [4.69, 9.17) is 10.2 Å². The second-order valence-electron chi connectivity index (χ2n) is 10.1. The van der Waals surface area contributed by atoms with E-state index >= 15 is 4.39 Å². The number of Topliss-reactive ketones (excluding diaryl/α,β-unsaturated/α-hetero) is 2. The zero-order valence-corrected chi connectivity index (χ0v) is 27.5. The molecule has 0 saturated heterocycles. The van der Waals surface area contributed by atoms with Crippen LogP contribution in [0.15, 0.2) is 52.5 Å². The summed E-state index contributed by atoms with van der Waals surface area (Å²) in [4.78, 5) is 37.7. The topological polar surface area (TPSA) is 129 Å². The third-order valence-corrected chi connectivity index (χ3v) is 10.3. The van der Waals surface area contributed by atoms with E-state index in [0.717, 1.165) is 24.8 Å². The van der Waals surface area contributed by atoms with Crippen molar-refractivity contribution in [2.75, 3.05) is 5.75 Å². The van der Waals surface area contributed by atoms with Crippen molar-refractivity contribution in [3.8, 4) is 0 Å². The predicted molar refractivity (Wildman–Crippen MR) is 176 cm³/mol. The van der Waals surface area contributed by atoms with E-state index in [1.807, 2.05) is 26.8 Å². The predicted octanol–water partition coefficient (Wildman–Crippen LogP) is 7.49. The molecule has 4 aromatic rings. The van der Waals surface area contributed by atoms with E-state index in [0.29, 0.717) is 32.7 Å². The average molecular weight is 643 g/mol. The lowest BCUT2D eigenvalue weighted by atomic mass is 9.96. The summed E-state index contributed by atoms with van der Waals surface area (Å²) in [5, 5.41) is 2.55. The Balaban J connectivity index is 0.000000454. The SMILES string of the molecule is CC.CC/C=C\C=C(/C(C)=O)c1c(C(C)=O)n(Cc2csc(C(N)=O)c2)c2cc(F)c3ccoc3c12.CCS(=O)(=O)C1CC1. The van der Waals surface area contributed by atoms with Crippen molar-refractivity contribution in [3.63, 3.8) is 0 Å². The number of carbonyl (C=O) groups excluding carboxylic acids is 3. The van der Waals surface area contributed by atoms with Gasteiger partial charge in [0.25, 0.3) is 5.91 Å². The van der Waals surface area contributed by atoms with E-state index < -0.39 is 21.6 Å². The van der Waals surface area contributed by atoms with Gasteiger partial charge in [-0.15, -0.1) is 11.3 Å². The van der Waals surface area contributed by atoms with E-state index in [1.54, 1.807) is 35.1 Å². The van der Waals surface area contributed by atoms with Crippen molar-refractivity contribution in [1.29, 1.82) is 0 Å². The summed E-state index contributed by atoms with van der Waals surface area (Å²) in [7, 11) is -2.62. The van der Waals surface area contributed by atoms with Gasteiger partial charge in [0, 0.05) is 30.4 Å². The van der Waals surface area contributed by atoms with Crippen LogP contribution in [0.1, 0.15) is 92.1 Å². The van der Waals surface area contributed by atoms with Crippen LogP contribution in [0.3, 0.4) is 0 Å². The Bertz CT molecular complexity index is 1850. The zero-order chi connectivity index (χ0) is 32.8. The number of nitrogens with two attached hydrogens (primary N) is 1. The highest BCUT2D eigenvalue weighted by molar-refractivity contribution is 7.92. The quantitative estimate of drug-likeness (QED) is 0.108. The fourth-order valence-corrected chi connectivity index (χ4v) is 6.89. The number of hydrogen-bond donors (Lipinski definition) is 1. The largest absolute Gasteiger partial charge is 0.463 e. The Kier molecular flexibility index (Phi) is 11.6. The number of fused-ring (bicyclic) bond motifs is 3. The maximum Gasteiger partial charge on any atom is 0.258 e. The van der Waals surface area contributed by atoms with Crippen LogP contribution < -0.4 is 5.73 Å². The Morgan fingerprint density at radius 2 is 1.84 bits per heavy atom. The number of primary amides is 1. The zero-order valence-electron chi connectivity index (χ0n) is 25.9. The number of sulfone groups is 1. The Morgan fingerprint density at radius 1 is 1.16 bits per heavy atom. The minimum atomic E-state index is -2.62. The maximum atomic E-state index is 15.0. The smallest absolute Gasteiger partial charge is 0.258 e. The number of benzene rings is 1. The number of rotatable bonds is 10. The molecule has 2 N–H and O–H groups in total. The van der Waals surface area contributed by atoms with Crippen LogP contribution in [0, 0.1) is 5.82 Å². The number of amides is 1. The highest BCUT2D eigenvalue weighted by Crippen LogP contribution is 2.40. The van der Waals surface area contributed by atoms with Gasteiger partial charge in [-0.3, -0.25) is 14.4 Å². The van der Waals surface area contributed by atoms with Crippen LogP contribution in [0.2, 0.25) is 0 Å².